The van der Waals surface area contributed by atoms with E-state index in [0.717, 1.165) is 4.90 Å². The van der Waals surface area contributed by atoms with E-state index in [4.69, 9.17) is 0 Å². The van der Waals surface area contributed by atoms with Crippen molar-refractivity contribution in [3.63, 3.8) is 0 Å². The lowest BCUT2D eigenvalue weighted by atomic mass is 10.0. The maximum absolute atomic E-state index is 11.4. The molecule has 0 saturated heterocycles. The zero-order valence-corrected chi connectivity index (χ0v) is 12.5. The van der Waals surface area contributed by atoms with E-state index in [9.17, 15) is 4.79 Å². The van der Waals surface area contributed by atoms with E-state index in [1.165, 1.54) is 30.6 Å². The van der Waals surface area contributed by atoms with Gasteiger partial charge in [-0.05, 0) is 23.6 Å². The summed E-state index contributed by atoms with van der Waals surface area (Å²) in [5.41, 5.74) is 1.51. The summed E-state index contributed by atoms with van der Waals surface area (Å²) in [6.07, 6.45) is 3.03. The number of hydrogen-bond donors (Lipinski definition) is 0. The molecule has 5 heteroatoms. The highest BCUT2D eigenvalue weighted by Gasteiger charge is 2.09. The Morgan fingerprint density at radius 1 is 1.20 bits per heavy atom. The van der Waals surface area contributed by atoms with Crippen LogP contribution in [-0.4, -0.2) is 23.0 Å². The normalized spacial score (nSPS) is 10.6. The van der Waals surface area contributed by atoms with Crippen molar-refractivity contribution in [3.05, 3.63) is 47.9 Å². The highest BCUT2D eigenvalue weighted by molar-refractivity contribution is 7.99. The summed E-state index contributed by atoms with van der Waals surface area (Å²) in [5, 5.41) is 0.671. The monoisotopic (exact) mass is 288 g/mol. The molecule has 1 aromatic carbocycles. The van der Waals surface area contributed by atoms with Gasteiger partial charge in [-0.25, -0.2) is 9.78 Å². The lowest BCUT2D eigenvalue weighted by molar-refractivity contribution is 0.0592. The molecule has 0 aliphatic rings. The van der Waals surface area contributed by atoms with Crippen LogP contribution in [-0.2, 0) is 4.74 Å². The average molecular weight is 288 g/mol. The first-order valence-corrected chi connectivity index (χ1v) is 7.10. The Hall–Kier alpha value is -1.88. The molecule has 0 N–H and O–H groups in total. The fourth-order valence-electron chi connectivity index (χ4n) is 1.64. The SMILES string of the molecule is COC(=O)c1cncc(Sc2ccc(C(C)C)cc2)n1. The Morgan fingerprint density at radius 2 is 1.90 bits per heavy atom. The molecular weight excluding hydrogens is 272 g/mol. The van der Waals surface area contributed by atoms with E-state index in [2.05, 4.69) is 40.7 Å². The van der Waals surface area contributed by atoms with E-state index in [0.29, 0.717) is 10.9 Å². The third-order valence-electron chi connectivity index (χ3n) is 2.78. The third-order valence-corrected chi connectivity index (χ3v) is 3.69. The van der Waals surface area contributed by atoms with E-state index >= 15 is 0 Å². The van der Waals surface area contributed by atoms with Crippen molar-refractivity contribution in [2.45, 2.75) is 29.7 Å². The summed E-state index contributed by atoms with van der Waals surface area (Å²) < 4.78 is 4.63. The minimum Gasteiger partial charge on any atom is -0.464 e. The minimum atomic E-state index is -0.477. The summed E-state index contributed by atoms with van der Waals surface area (Å²) in [7, 11) is 1.33. The Kier molecular flexibility index (Phi) is 4.74. The summed E-state index contributed by atoms with van der Waals surface area (Å²) >= 11 is 1.47. The highest BCUT2D eigenvalue weighted by Crippen LogP contribution is 2.27. The van der Waals surface area contributed by atoms with Crippen molar-refractivity contribution >= 4 is 17.7 Å². The van der Waals surface area contributed by atoms with Crippen molar-refractivity contribution in [1.29, 1.82) is 0 Å². The van der Waals surface area contributed by atoms with Gasteiger partial charge in [0, 0.05) is 4.90 Å². The highest BCUT2D eigenvalue weighted by atomic mass is 32.2. The van der Waals surface area contributed by atoms with Crippen molar-refractivity contribution in [3.8, 4) is 0 Å². The molecule has 1 heterocycles. The number of nitrogens with zero attached hydrogens (tertiary/aromatic N) is 2. The molecule has 2 aromatic rings. The van der Waals surface area contributed by atoms with E-state index < -0.39 is 5.97 Å². The van der Waals surface area contributed by atoms with Crippen molar-refractivity contribution in [2.75, 3.05) is 7.11 Å². The number of methoxy groups -OCH3 is 1. The quantitative estimate of drug-likeness (QED) is 0.805. The first-order valence-electron chi connectivity index (χ1n) is 6.28. The van der Waals surface area contributed by atoms with Crippen LogP contribution in [0.5, 0.6) is 0 Å². The van der Waals surface area contributed by atoms with Gasteiger partial charge >= 0.3 is 5.97 Å². The van der Waals surface area contributed by atoms with Crippen LogP contribution in [0, 0.1) is 0 Å². The topological polar surface area (TPSA) is 52.1 Å². The zero-order chi connectivity index (χ0) is 14.5. The maximum Gasteiger partial charge on any atom is 0.358 e. The van der Waals surface area contributed by atoms with E-state index in [1.807, 2.05) is 12.1 Å². The standard InChI is InChI=1S/C15H16N2O2S/c1-10(2)11-4-6-12(7-5-11)20-14-9-16-8-13(17-14)15(18)19-3/h4-10H,1-3H3. The van der Waals surface area contributed by atoms with Gasteiger partial charge in [0.05, 0.1) is 19.5 Å². The molecule has 20 heavy (non-hydrogen) atoms. The Balaban J connectivity index is 2.15. The Morgan fingerprint density at radius 3 is 2.50 bits per heavy atom. The number of aromatic nitrogens is 2. The van der Waals surface area contributed by atoms with Crippen LogP contribution >= 0.6 is 11.8 Å². The molecule has 2 rings (SSSR count). The Labute approximate surface area is 122 Å². The van der Waals surface area contributed by atoms with Crippen LogP contribution in [0.1, 0.15) is 35.8 Å². The zero-order valence-electron chi connectivity index (χ0n) is 11.7. The van der Waals surface area contributed by atoms with Crippen LogP contribution in [0.4, 0.5) is 0 Å². The fourth-order valence-corrected chi connectivity index (χ4v) is 2.41. The van der Waals surface area contributed by atoms with Gasteiger partial charge in [-0.1, -0.05) is 37.7 Å². The van der Waals surface area contributed by atoms with Crippen LogP contribution in [0.25, 0.3) is 0 Å². The smallest absolute Gasteiger partial charge is 0.358 e. The first-order chi connectivity index (χ1) is 9.60. The summed E-state index contributed by atoms with van der Waals surface area (Å²) in [6, 6.07) is 8.30. The molecule has 0 spiro atoms. The van der Waals surface area contributed by atoms with Crippen molar-refractivity contribution < 1.29 is 9.53 Å². The minimum absolute atomic E-state index is 0.219. The van der Waals surface area contributed by atoms with Crippen LogP contribution in [0.2, 0.25) is 0 Å². The molecule has 0 aliphatic carbocycles. The van der Waals surface area contributed by atoms with E-state index in [1.54, 1.807) is 6.20 Å². The van der Waals surface area contributed by atoms with E-state index in [-0.39, 0.29) is 5.69 Å². The number of benzene rings is 1. The van der Waals surface area contributed by atoms with Gasteiger partial charge in [-0.15, -0.1) is 0 Å². The molecule has 0 amide bonds. The predicted octanol–water partition coefficient (Wildman–Crippen LogP) is 3.54. The second-order valence-corrected chi connectivity index (χ2v) is 5.65. The fraction of sp³-hybridized carbons (Fsp3) is 0.267. The molecule has 0 saturated carbocycles. The molecule has 0 radical (unpaired) electrons. The molecular formula is C15H16N2O2S. The summed E-state index contributed by atoms with van der Waals surface area (Å²) in [5.74, 6) is 0.0339. The number of carbonyl (C=O) groups excluding carboxylic acids is 1. The molecule has 0 unspecified atom stereocenters. The van der Waals surface area contributed by atoms with Gasteiger partial charge < -0.3 is 4.74 Å². The molecule has 0 aliphatic heterocycles. The molecule has 1 aromatic heterocycles. The number of ether oxygens (including phenoxy) is 1. The molecule has 104 valence electrons. The predicted molar refractivity (Wildman–Crippen MR) is 78.0 cm³/mol. The van der Waals surface area contributed by atoms with Gasteiger partial charge in [0.1, 0.15) is 5.03 Å². The molecule has 0 bridgehead atoms. The maximum atomic E-state index is 11.4. The van der Waals surface area contributed by atoms with Crippen molar-refractivity contribution in [2.24, 2.45) is 0 Å². The van der Waals surface area contributed by atoms with Crippen LogP contribution < -0.4 is 0 Å². The molecule has 0 atom stereocenters. The van der Waals surface area contributed by atoms with Gasteiger partial charge in [0.2, 0.25) is 0 Å². The number of carbonyl (C=O) groups is 1. The number of rotatable bonds is 4. The number of hydrogen-bond acceptors (Lipinski definition) is 5. The van der Waals surface area contributed by atoms with Crippen molar-refractivity contribution in [1.82, 2.24) is 9.97 Å². The summed E-state index contributed by atoms with van der Waals surface area (Å²) in [6.45, 7) is 4.32. The average Bonchev–Trinajstić information content (AvgIpc) is 2.47. The van der Waals surface area contributed by atoms with Gasteiger partial charge in [0.15, 0.2) is 5.69 Å². The second-order valence-electron chi connectivity index (χ2n) is 4.56. The second kappa shape index (κ2) is 6.52. The lowest BCUT2D eigenvalue weighted by Gasteiger charge is -2.06. The first kappa shape index (κ1) is 14.5. The third kappa shape index (κ3) is 3.57. The number of esters is 1. The van der Waals surface area contributed by atoms with Crippen LogP contribution in [0.15, 0.2) is 46.6 Å². The molecule has 0 fully saturated rings. The van der Waals surface area contributed by atoms with Crippen LogP contribution in [0.3, 0.4) is 0 Å². The van der Waals surface area contributed by atoms with Gasteiger partial charge in [0.25, 0.3) is 0 Å². The largest absolute Gasteiger partial charge is 0.464 e. The van der Waals surface area contributed by atoms with Gasteiger partial charge in [-0.2, -0.15) is 0 Å². The Bertz CT molecular complexity index is 597. The lowest BCUT2D eigenvalue weighted by Crippen LogP contribution is -2.05. The summed E-state index contributed by atoms with van der Waals surface area (Å²) in [4.78, 5) is 20.7. The molecule has 4 nitrogen and oxygen atoms in total. The van der Waals surface area contributed by atoms with Gasteiger partial charge in [-0.3, -0.25) is 4.98 Å².